The largest absolute Gasteiger partial charge is 0.295 e. The summed E-state index contributed by atoms with van der Waals surface area (Å²) in [5.41, 5.74) is 3.46. The molecule has 1 fully saturated rings. The molecule has 2 aromatic carbocycles. The van der Waals surface area contributed by atoms with Crippen LogP contribution in [0, 0.1) is 0 Å². The molecule has 1 saturated heterocycles. The summed E-state index contributed by atoms with van der Waals surface area (Å²) in [4.78, 5) is 14.6. The molecule has 1 amide bonds. The third-order valence-corrected chi connectivity index (χ3v) is 5.43. The van der Waals surface area contributed by atoms with Crippen molar-refractivity contribution in [3.63, 3.8) is 0 Å². The van der Waals surface area contributed by atoms with Gasteiger partial charge in [0.15, 0.2) is 0 Å². The summed E-state index contributed by atoms with van der Waals surface area (Å²) in [5.74, 6) is 0.692. The Morgan fingerprint density at radius 3 is 2.23 bits per heavy atom. The molecule has 0 radical (unpaired) electrons. The summed E-state index contributed by atoms with van der Waals surface area (Å²) in [6, 6.07) is 18.7. The van der Waals surface area contributed by atoms with E-state index in [9.17, 15) is 4.79 Å². The lowest BCUT2D eigenvalue weighted by atomic mass is 10.0. The van der Waals surface area contributed by atoms with Crippen LogP contribution < -0.4 is 4.90 Å². The minimum Gasteiger partial charge on any atom is -0.295 e. The van der Waals surface area contributed by atoms with Gasteiger partial charge in [-0.15, -0.1) is 11.8 Å². The molecule has 2 atom stereocenters. The Morgan fingerprint density at radius 1 is 1.00 bits per heavy atom. The summed E-state index contributed by atoms with van der Waals surface area (Å²) in [6.45, 7) is 6.35. The predicted molar refractivity (Wildman–Crippen MR) is 94.3 cm³/mol. The lowest BCUT2D eigenvalue weighted by molar-refractivity contribution is -0.117. The first-order chi connectivity index (χ1) is 10.6. The Balaban J connectivity index is 1.96. The predicted octanol–water partition coefficient (Wildman–Crippen LogP) is 4.98. The average Bonchev–Trinajstić information content (AvgIpc) is 2.84. The van der Waals surface area contributed by atoms with Crippen LogP contribution in [0.15, 0.2) is 54.6 Å². The SMILES string of the molecule is CC(C)c1ccc(N2C(=O)[C@@H](C)S[C@H]2c2ccccc2)cc1. The average molecular weight is 311 g/mol. The van der Waals surface area contributed by atoms with Gasteiger partial charge in [0.05, 0.1) is 5.25 Å². The summed E-state index contributed by atoms with van der Waals surface area (Å²) in [5, 5.41) is 0.0589. The Labute approximate surface area is 136 Å². The van der Waals surface area contributed by atoms with Crippen LogP contribution in [0.25, 0.3) is 0 Å². The Morgan fingerprint density at radius 2 is 1.64 bits per heavy atom. The molecule has 0 bridgehead atoms. The monoisotopic (exact) mass is 311 g/mol. The molecule has 0 spiro atoms. The van der Waals surface area contributed by atoms with E-state index >= 15 is 0 Å². The van der Waals surface area contributed by atoms with E-state index in [1.54, 1.807) is 11.8 Å². The van der Waals surface area contributed by atoms with Crippen LogP contribution in [0.3, 0.4) is 0 Å². The van der Waals surface area contributed by atoms with Crippen molar-refractivity contribution >= 4 is 23.4 Å². The lowest BCUT2D eigenvalue weighted by Gasteiger charge is -2.24. The van der Waals surface area contributed by atoms with Gasteiger partial charge in [0.25, 0.3) is 0 Å². The van der Waals surface area contributed by atoms with Gasteiger partial charge in [-0.25, -0.2) is 0 Å². The fraction of sp³-hybridized carbons (Fsp3) is 0.316. The standard InChI is InChI=1S/C19H21NOS/c1-13(2)15-9-11-17(12-10-15)20-18(21)14(3)22-19(20)16-7-5-4-6-8-16/h4-14,19H,1-3H3/t14-,19+/m1/s1. The highest BCUT2D eigenvalue weighted by Crippen LogP contribution is 2.45. The van der Waals surface area contributed by atoms with Crippen LogP contribution in [0.5, 0.6) is 0 Å². The highest BCUT2D eigenvalue weighted by atomic mass is 32.2. The lowest BCUT2D eigenvalue weighted by Crippen LogP contribution is -2.30. The number of benzene rings is 2. The van der Waals surface area contributed by atoms with Gasteiger partial charge in [0, 0.05) is 5.69 Å². The summed E-state index contributed by atoms with van der Waals surface area (Å²) < 4.78 is 0. The number of anilines is 1. The maximum Gasteiger partial charge on any atom is 0.241 e. The zero-order valence-electron chi connectivity index (χ0n) is 13.2. The van der Waals surface area contributed by atoms with Crippen LogP contribution in [0.4, 0.5) is 5.69 Å². The molecule has 1 heterocycles. The second kappa shape index (κ2) is 6.17. The Hall–Kier alpha value is -1.74. The van der Waals surface area contributed by atoms with Crippen LogP contribution in [0.2, 0.25) is 0 Å². The third-order valence-electron chi connectivity index (χ3n) is 4.08. The number of carbonyl (C=O) groups excluding carboxylic acids is 1. The molecule has 1 aliphatic heterocycles. The molecule has 2 aromatic rings. The van der Waals surface area contributed by atoms with E-state index < -0.39 is 0 Å². The highest BCUT2D eigenvalue weighted by Gasteiger charge is 2.39. The molecular weight excluding hydrogens is 290 g/mol. The topological polar surface area (TPSA) is 20.3 Å². The number of hydrogen-bond acceptors (Lipinski definition) is 2. The van der Waals surface area contributed by atoms with E-state index in [-0.39, 0.29) is 16.5 Å². The summed E-state index contributed by atoms with van der Waals surface area (Å²) in [7, 11) is 0. The van der Waals surface area contributed by atoms with E-state index in [4.69, 9.17) is 0 Å². The van der Waals surface area contributed by atoms with E-state index in [2.05, 4.69) is 50.2 Å². The Kier molecular flexibility index (Phi) is 4.25. The van der Waals surface area contributed by atoms with Gasteiger partial charge in [-0.05, 0) is 36.1 Å². The first-order valence-corrected chi connectivity index (χ1v) is 8.65. The molecule has 0 unspecified atom stereocenters. The quantitative estimate of drug-likeness (QED) is 0.797. The minimum atomic E-state index is -0.00465. The molecule has 0 N–H and O–H groups in total. The molecule has 3 heteroatoms. The summed E-state index contributed by atoms with van der Waals surface area (Å²) in [6.07, 6.45) is 0. The second-order valence-electron chi connectivity index (χ2n) is 6.00. The van der Waals surface area contributed by atoms with Crippen LogP contribution in [0.1, 0.15) is 43.2 Å². The summed E-state index contributed by atoms with van der Waals surface area (Å²) >= 11 is 1.72. The van der Waals surface area contributed by atoms with Crippen molar-refractivity contribution in [3.05, 3.63) is 65.7 Å². The first kappa shape index (κ1) is 15.2. The van der Waals surface area contributed by atoms with Crippen LogP contribution in [-0.4, -0.2) is 11.2 Å². The minimum absolute atomic E-state index is 0.00465. The number of amides is 1. The van der Waals surface area contributed by atoms with E-state index in [0.717, 1.165) is 5.69 Å². The smallest absolute Gasteiger partial charge is 0.241 e. The van der Waals surface area contributed by atoms with E-state index in [1.165, 1.54) is 11.1 Å². The van der Waals surface area contributed by atoms with Crippen molar-refractivity contribution in [1.82, 2.24) is 0 Å². The van der Waals surface area contributed by atoms with Gasteiger partial charge < -0.3 is 0 Å². The second-order valence-corrected chi connectivity index (χ2v) is 7.42. The molecule has 22 heavy (non-hydrogen) atoms. The zero-order valence-corrected chi connectivity index (χ0v) is 14.0. The van der Waals surface area contributed by atoms with Gasteiger partial charge >= 0.3 is 0 Å². The van der Waals surface area contributed by atoms with E-state index in [1.807, 2.05) is 30.0 Å². The molecule has 0 aliphatic carbocycles. The number of nitrogens with zero attached hydrogens (tertiary/aromatic N) is 1. The fourth-order valence-corrected chi connectivity index (χ4v) is 4.03. The molecule has 3 rings (SSSR count). The van der Waals surface area contributed by atoms with E-state index in [0.29, 0.717) is 5.92 Å². The fourth-order valence-electron chi connectivity index (χ4n) is 2.75. The van der Waals surface area contributed by atoms with Crippen molar-refractivity contribution in [2.75, 3.05) is 4.90 Å². The number of rotatable bonds is 3. The number of carbonyl (C=O) groups is 1. The molecule has 114 valence electrons. The molecular formula is C19H21NOS. The molecule has 2 nitrogen and oxygen atoms in total. The normalized spacial score (nSPS) is 21.6. The van der Waals surface area contributed by atoms with Gasteiger partial charge in [-0.2, -0.15) is 0 Å². The van der Waals surface area contributed by atoms with Gasteiger partial charge in [-0.1, -0.05) is 56.3 Å². The van der Waals surface area contributed by atoms with Crippen molar-refractivity contribution in [2.45, 2.75) is 37.3 Å². The van der Waals surface area contributed by atoms with Crippen LogP contribution in [-0.2, 0) is 4.79 Å². The van der Waals surface area contributed by atoms with Gasteiger partial charge in [0.2, 0.25) is 5.91 Å². The first-order valence-electron chi connectivity index (χ1n) is 7.71. The zero-order chi connectivity index (χ0) is 15.7. The maximum absolute atomic E-state index is 12.6. The van der Waals surface area contributed by atoms with Crippen molar-refractivity contribution < 1.29 is 4.79 Å². The third kappa shape index (κ3) is 2.78. The number of hydrogen-bond donors (Lipinski definition) is 0. The Bertz CT molecular complexity index is 651. The van der Waals surface area contributed by atoms with Gasteiger partial charge in [0.1, 0.15) is 5.37 Å². The molecule has 1 aliphatic rings. The van der Waals surface area contributed by atoms with Crippen LogP contribution >= 0.6 is 11.8 Å². The van der Waals surface area contributed by atoms with Crippen molar-refractivity contribution in [2.24, 2.45) is 0 Å². The highest BCUT2D eigenvalue weighted by molar-refractivity contribution is 8.01. The van der Waals surface area contributed by atoms with Crippen molar-refractivity contribution in [1.29, 1.82) is 0 Å². The maximum atomic E-state index is 12.6. The molecule has 0 saturated carbocycles. The van der Waals surface area contributed by atoms with Crippen molar-refractivity contribution in [3.8, 4) is 0 Å². The molecule has 0 aromatic heterocycles. The van der Waals surface area contributed by atoms with Gasteiger partial charge in [-0.3, -0.25) is 9.69 Å². The number of thioether (sulfide) groups is 1.